The summed E-state index contributed by atoms with van der Waals surface area (Å²) in [5.41, 5.74) is -0.742. The van der Waals surface area contributed by atoms with Crippen LogP contribution in [-0.2, 0) is 10.4 Å². The molecule has 1 fully saturated rings. The molecule has 0 amide bonds. The van der Waals surface area contributed by atoms with Crippen LogP contribution < -0.4 is 0 Å². The van der Waals surface area contributed by atoms with E-state index in [2.05, 4.69) is 0 Å². The minimum atomic E-state index is -0.792. The van der Waals surface area contributed by atoms with Crippen molar-refractivity contribution in [2.75, 3.05) is 0 Å². The molecule has 0 atom stereocenters. The summed E-state index contributed by atoms with van der Waals surface area (Å²) in [6, 6.07) is 13.7. The second-order valence-corrected chi connectivity index (χ2v) is 6.75. The molecule has 4 heteroatoms. The second-order valence-electron chi connectivity index (χ2n) is 6.75. The maximum Gasteiger partial charge on any atom is 0.143 e. The minimum absolute atomic E-state index is 0.745. The number of fused-ring (bicyclic) bond motifs is 1. The summed E-state index contributed by atoms with van der Waals surface area (Å²) >= 11 is 0. The van der Waals surface area contributed by atoms with Gasteiger partial charge in [-0.05, 0) is 50.1 Å². The van der Waals surface area contributed by atoms with Gasteiger partial charge in [0.2, 0.25) is 0 Å². The molecule has 0 spiro atoms. The summed E-state index contributed by atoms with van der Waals surface area (Å²) < 4.78 is 0. The summed E-state index contributed by atoms with van der Waals surface area (Å²) in [4.78, 5) is 0. The molecule has 0 unspecified atom stereocenters. The zero-order valence-corrected chi connectivity index (χ0v) is 12.8. The van der Waals surface area contributed by atoms with Crippen LogP contribution in [-0.4, -0.2) is 21.2 Å². The van der Waals surface area contributed by atoms with E-state index in [1.807, 2.05) is 70.2 Å². The maximum absolute atomic E-state index is 12.7. The van der Waals surface area contributed by atoms with E-state index in [-0.39, 0.29) is 0 Å². The largest absolute Gasteiger partial charge is 0.143 e. The number of hydroxylamine groups is 4. The Morgan fingerprint density at radius 1 is 0.810 bits per heavy atom. The normalized spacial score (nSPS) is 23.0. The van der Waals surface area contributed by atoms with Gasteiger partial charge in [-0.1, -0.05) is 36.4 Å². The van der Waals surface area contributed by atoms with Crippen molar-refractivity contribution in [2.24, 2.45) is 0 Å². The van der Waals surface area contributed by atoms with Crippen LogP contribution >= 0.6 is 0 Å². The summed E-state index contributed by atoms with van der Waals surface area (Å²) in [5.74, 6) is 0. The molecule has 2 radical (unpaired) electrons. The molecule has 1 aliphatic heterocycles. The van der Waals surface area contributed by atoms with Gasteiger partial charge in [0.25, 0.3) is 0 Å². The molecule has 0 aliphatic carbocycles. The fraction of sp³-hybridized carbons (Fsp3) is 0.412. The quantitative estimate of drug-likeness (QED) is 0.801. The van der Waals surface area contributed by atoms with Crippen molar-refractivity contribution < 1.29 is 10.4 Å². The molecular formula is C17H20N2O2. The van der Waals surface area contributed by atoms with Crippen molar-refractivity contribution in [2.45, 2.75) is 44.9 Å². The lowest BCUT2D eigenvalue weighted by Gasteiger charge is -2.36. The van der Waals surface area contributed by atoms with E-state index in [9.17, 15) is 10.4 Å². The molecule has 2 aromatic carbocycles. The number of hydrogen-bond acceptors (Lipinski definition) is 2. The molecule has 0 saturated carbocycles. The van der Waals surface area contributed by atoms with E-state index >= 15 is 0 Å². The van der Waals surface area contributed by atoms with Crippen LogP contribution in [0.4, 0.5) is 0 Å². The molecule has 1 heterocycles. The van der Waals surface area contributed by atoms with Crippen LogP contribution in [0.1, 0.15) is 39.4 Å². The molecule has 3 rings (SSSR count). The highest BCUT2D eigenvalue weighted by Crippen LogP contribution is 2.48. The van der Waals surface area contributed by atoms with Gasteiger partial charge in [-0.25, -0.2) is 0 Å². The molecule has 2 aromatic rings. The fourth-order valence-electron chi connectivity index (χ4n) is 2.89. The van der Waals surface area contributed by atoms with Crippen molar-refractivity contribution in [3.8, 4) is 0 Å². The number of rotatable bonds is 1. The van der Waals surface area contributed by atoms with Gasteiger partial charge in [0.05, 0.1) is 11.1 Å². The van der Waals surface area contributed by atoms with Crippen molar-refractivity contribution >= 4 is 10.8 Å². The number of nitrogens with zero attached hydrogens (tertiary/aromatic N) is 2. The Kier molecular flexibility index (Phi) is 3.11. The molecular weight excluding hydrogens is 264 g/mol. The predicted octanol–water partition coefficient (Wildman–Crippen LogP) is 3.70. The first-order chi connectivity index (χ1) is 9.76. The van der Waals surface area contributed by atoms with Gasteiger partial charge < -0.3 is 0 Å². The lowest BCUT2D eigenvalue weighted by atomic mass is 9.84. The van der Waals surface area contributed by atoms with E-state index in [0.717, 1.165) is 26.5 Å². The standard InChI is InChI=1S/C17H20N2O2/c1-16(2)17(3,4)19(21)15(18(16)20)14-10-9-12-7-5-6-8-13(12)11-14/h5-11,15H,1-4H3. The summed E-state index contributed by atoms with van der Waals surface area (Å²) in [6.45, 7) is 7.30. The van der Waals surface area contributed by atoms with E-state index in [4.69, 9.17) is 0 Å². The van der Waals surface area contributed by atoms with Gasteiger partial charge >= 0.3 is 0 Å². The third kappa shape index (κ3) is 1.91. The molecule has 1 aliphatic rings. The van der Waals surface area contributed by atoms with Crippen LogP contribution in [0.3, 0.4) is 0 Å². The summed E-state index contributed by atoms with van der Waals surface area (Å²) in [7, 11) is 0. The van der Waals surface area contributed by atoms with Gasteiger partial charge in [-0.15, -0.1) is 20.5 Å². The lowest BCUT2D eigenvalue weighted by molar-refractivity contribution is -0.278. The Bertz CT molecular complexity index is 661. The van der Waals surface area contributed by atoms with Gasteiger partial charge in [-0.2, -0.15) is 0 Å². The molecule has 4 nitrogen and oxygen atoms in total. The van der Waals surface area contributed by atoms with E-state index in [0.29, 0.717) is 0 Å². The maximum atomic E-state index is 12.7. The second kappa shape index (κ2) is 4.52. The van der Waals surface area contributed by atoms with E-state index in [1.165, 1.54) is 0 Å². The van der Waals surface area contributed by atoms with Crippen LogP contribution in [0.2, 0.25) is 0 Å². The average Bonchev–Trinajstić information content (AvgIpc) is 2.57. The first kappa shape index (κ1) is 14.5. The van der Waals surface area contributed by atoms with Gasteiger partial charge in [0.15, 0.2) is 0 Å². The van der Waals surface area contributed by atoms with Gasteiger partial charge in [0, 0.05) is 0 Å². The van der Waals surface area contributed by atoms with Gasteiger partial charge in [-0.3, -0.25) is 0 Å². The predicted molar refractivity (Wildman–Crippen MR) is 79.9 cm³/mol. The average molecular weight is 284 g/mol. The molecule has 1 saturated heterocycles. The molecule has 0 bridgehead atoms. The fourth-order valence-corrected chi connectivity index (χ4v) is 2.89. The first-order valence-corrected chi connectivity index (χ1v) is 7.18. The number of hydrogen-bond donors (Lipinski definition) is 0. The third-order valence-electron chi connectivity index (χ3n) is 5.12. The highest BCUT2D eigenvalue weighted by atomic mass is 16.6. The van der Waals surface area contributed by atoms with Gasteiger partial charge in [0.1, 0.15) is 6.17 Å². The Balaban J connectivity index is 2.10. The molecule has 110 valence electrons. The van der Waals surface area contributed by atoms with Crippen molar-refractivity contribution in [1.82, 2.24) is 10.1 Å². The first-order valence-electron chi connectivity index (χ1n) is 7.18. The zero-order chi connectivity index (χ0) is 15.4. The molecule has 0 N–H and O–H groups in total. The van der Waals surface area contributed by atoms with Crippen LogP contribution in [0.25, 0.3) is 10.8 Å². The van der Waals surface area contributed by atoms with Crippen molar-refractivity contribution in [3.63, 3.8) is 0 Å². The Morgan fingerprint density at radius 2 is 1.33 bits per heavy atom. The van der Waals surface area contributed by atoms with Crippen LogP contribution in [0.5, 0.6) is 0 Å². The van der Waals surface area contributed by atoms with E-state index < -0.39 is 17.2 Å². The smallest absolute Gasteiger partial charge is 0.123 e. The molecule has 21 heavy (non-hydrogen) atoms. The summed E-state index contributed by atoms with van der Waals surface area (Å²) in [6.07, 6.45) is -0.792. The topological polar surface area (TPSA) is 46.3 Å². The third-order valence-corrected chi connectivity index (χ3v) is 5.12. The van der Waals surface area contributed by atoms with Crippen LogP contribution in [0.15, 0.2) is 42.5 Å². The highest BCUT2D eigenvalue weighted by molar-refractivity contribution is 5.83. The lowest BCUT2D eigenvalue weighted by Crippen LogP contribution is -2.52. The SMILES string of the molecule is CC1(C)N([O])C(c2ccc3ccccc3c2)N([O])C1(C)C. The Hall–Kier alpha value is -1.46. The highest BCUT2D eigenvalue weighted by Gasteiger charge is 2.60. The monoisotopic (exact) mass is 284 g/mol. The van der Waals surface area contributed by atoms with Crippen molar-refractivity contribution in [1.29, 1.82) is 0 Å². The van der Waals surface area contributed by atoms with Crippen molar-refractivity contribution in [3.05, 3.63) is 48.0 Å². The Morgan fingerprint density at radius 3 is 1.90 bits per heavy atom. The van der Waals surface area contributed by atoms with E-state index in [1.54, 1.807) is 0 Å². The number of benzene rings is 2. The Labute approximate surface area is 125 Å². The summed E-state index contributed by atoms with van der Waals surface area (Å²) in [5, 5.41) is 29.3. The van der Waals surface area contributed by atoms with Crippen LogP contribution in [0, 0.1) is 0 Å². The zero-order valence-electron chi connectivity index (χ0n) is 12.8. The molecule has 0 aromatic heterocycles. The minimum Gasteiger partial charge on any atom is -0.123 e.